The number of anilines is 1. The fraction of sp³-hybridized carbons (Fsp3) is 0.111. The van der Waals surface area contributed by atoms with Crippen LogP contribution in [0.15, 0.2) is 24.5 Å². The van der Waals surface area contributed by atoms with Crippen LogP contribution in [0, 0.1) is 6.92 Å². The third-order valence-electron chi connectivity index (χ3n) is 1.80. The molecule has 0 spiro atoms. The van der Waals surface area contributed by atoms with Crippen molar-refractivity contribution in [3.8, 4) is 11.3 Å². The molecule has 2 aromatic heterocycles. The summed E-state index contributed by atoms with van der Waals surface area (Å²) < 4.78 is 0. The number of nitrogens with two attached hydrogens (primary N) is 1. The van der Waals surface area contributed by atoms with E-state index in [1.807, 2.05) is 19.1 Å². The van der Waals surface area contributed by atoms with E-state index >= 15 is 0 Å². The van der Waals surface area contributed by atoms with Crippen molar-refractivity contribution in [3.63, 3.8) is 0 Å². The fourth-order valence-corrected chi connectivity index (χ4v) is 1.24. The van der Waals surface area contributed by atoms with Gasteiger partial charge < -0.3 is 10.7 Å². The SMILES string of the molecule is Cc1nc(N)c(-c2cccnc2)[nH]1. The van der Waals surface area contributed by atoms with Gasteiger partial charge >= 0.3 is 0 Å². The third kappa shape index (κ3) is 1.38. The molecule has 2 heterocycles. The maximum Gasteiger partial charge on any atom is 0.149 e. The molecule has 2 rings (SSSR count). The van der Waals surface area contributed by atoms with Crippen LogP contribution in [0.4, 0.5) is 5.82 Å². The summed E-state index contributed by atoms with van der Waals surface area (Å²) >= 11 is 0. The number of nitrogens with one attached hydrogen (secondary N) is 1. The first-order valence-corrected chi connectivity index (χ1v) is 4.00. The Hall–Kier alpha value is -1.84. The van der Waals surface area contributed by atoms with Crippen molar-refractivity contribution in [2.24, 2.45) is 0 Å². The molecule has 0 aliphatic heterocycles. The molecule has 4 heteroatoms. The Morgan fingerprint density at radius 2 is 2.31 bits per heavy atom. The van der Waals surface area contributed by atoms with Gasteiger partial charge in [-0.25, -0.2) is 4.98 Å². The second kappa shape index (κ2) is 2.90. The highest BCUT2D eigenvalue weighted by Crippen LogP contribution is 2.21. The fourth-order valence-electron chi connectivity index (χ4n) is 1.24. The first kappa shape index (κ1) is 7.79. The molecule has 0 saturated carbocycles. The molecule has 4 nitrogen and oxygen atoms in total. The first-order chi connectivity index (χ1) is 6.27. The van der Waals surface area contributed by atoms with E-state index in [0.717, 1.165) is 17.1 Å². The Labute approximate surface area is 75.8 Å². The van der Waals surface area contributed by atoms with Crippen molar-refractivity contribution >= 4 is 5.82 Å². The molecule has 0 saturated heterocycles. The van der Waals surface area contributed by atoms with Crippen LogP contribution in [-0.4, -0.2) is 15.0 Å². The molecule has 3 N–H and O–H groups in total. The van der Waals surface area contributed by atoms with E-state index < -0.39 is 0 Å². The molecule has 0 fully saturated rings. The number of aromatic nitrogens is 3. The number of nitrogens with zero attached hydrogens (tertiary/aromatic N) is 2. The standard InChI is InChI=1S/C9H10N4/c1-6-12-8(9(10)13-6)7-3-2-4-11-5-7/h2-5H,10H2,1H3,(H,12,13). The topological polar surface area (TPSA) is 67.6 Å². The molecular weight excluding hydrogens is 164 g/mol. The van der Waals surface area contributed by atoms with Gasteiger partial charge in [-0.15, -0.1) is 0 Å². The number of aromatic amines is 1. The van der Waals surface area contributed by atoms with E-state index in [1.54, 1.807) is 12.4 Å². The van der Waals surface area contributed by atoms with Gasteiger partial charge in [0.25, 0.3) is 0 Å². The van der Waals surface area contributed by atoms with Gasteiger partial charge in [-0.3, -0.25) is 4.98 Å². The van der Waals surface area contributed by atoms with Gasteiger partial charge in [0.1, 0.15) is 11.6 Å². The smallest absolute Gasteiger partial charge is 0.149 e. The van der Waals surface area contributed by atoms with Crippen LogP contribution < -0.4 is 5.73 Å². The zero-order valence-electron chi connectivity index (χ0n) is 7.28. The second-order valence-electron chi connectivity index (χ2n) is 2.82. The van der Waals surface area contributed by atoms with Gasteiger partial charge in [0, 0.05) is 18.0 Å². The monoisotopic (exact) mass is 174 g/mol. The number of hydrogen-bond donors (Lipinski definition) is 2. The normalized spacial score (nSPS) is 10.2. The number of aryl methyl sites for hydroxylation is 1. The maximum absolute atomic E-state index is 5.70. The summed E-state index contributed by atoms with van der Waals surface area (Å²) in [5.74, 6) is 1.34. The lowest BCUT2D eigenvalue weighted by molar-refractivity contribution is 1.15. The van der Waals surface area contributed by atoms with E-state index in [0.29, 0.717) is 5.82 Å². The number of rotatable bonds is 1. The predicted octanol–water partition coefficient (Wildman–Crippen LogP) is 1.36. The quantitative estimate of drug-likeness (QED) is 0.686. The van der Waals surface area contributed by atoms with Crippen molar-refractivity contribution < 1.29 is 0 Å². The van der Waals surface area contributed by atoms with Crippen molar-refractivity contribution in [1.82, 2.24) is 15.0 Å². The van der Waals surface area contributed by atoms with Gasteiger partial charge in [0.2, 0.25) is 0 Å². The molecule has 0 bridgehead atoms. The zero-order valence-corrected chi connectivity index (χ0v) is 7.28. The molecule has 0 amide bonds. The highest BCUT2D eigenvalue weighted by Gasteiger charge is 2.05. The lowest BCUT2D eigenvalue weighted by atomic mass is 10.2. The minimum atomic E-state index is 0.519. The summed E-state index contributed by atoms with van der Waals surface area (Å²) in [6, 6.07) is 3.81. The molecular formula is C9H10N4. The molecule has 0 aromatic carbocycles. The van der Waals surface area contributed by atoms with Crippen LogP contribution in [0.3, 0.4) is 0 Å². The zero-order chi connectivity index (χ0) is 9.26. The molecule has 13 heavy (non-hydrogen) atoms. The van der Waals surface area contributed by atoms with E-state index in [1.165, 1.54) is 0 Å². The third-order valence-corrected chi connectivity index (χ3v) is 1.80. The number of imidazole rings is 1. The van der Waals surface area contributed by atoms with Gasteiger partial charge in [-0.2, -0.15) is 0 Å². The Morgan fingerprint density at radius 1 is 1.46 bits per heavy atom. The largest absolute Gasteiger partial charge is 0.382 e. The molecule has 0 atom stereocenters. The number of H-pyrrole nitrogens is 1. The molecule has 2 aromatic rings. The van der Waals surface area contributed by atoms with Crippen LogP contribution in [-0.2, 0) is 0 Å². The number of nitrogen functional groups attached to an aromatic ring is 1. The lowest BCUT2D eigenvalue weighted by Gasteiger charge is -1.96. The van der Waals surface area contributed by atoms with E-state index in [4.69, 9.17) is 5.73 Å². The van der Waals surface area contributed by atoms with Gasteiger partial charge in [0.15, 0.2) is 0 Å². The second-order valence-corrected chi connectivity index (χ2v) is 2.82. The van der Waals surface area contributed by atoms with Crippen molar-refractivity contribution in [1.29, 1.82) is 0 Å². The predicted molar refractivity (Wildman–Crippen MR) is 51.0 cm³/mol. The van der Waals surface area contributed by atoms with E-state index in [2.05, 4.69) is 15.0 Å². The number of pyridine rings is 1. The first-order valence-electron chi connectivity index (χ1n) is 4.00. The summed E-state index contributed by atoms with van der Waals surface area (Å²) in [4.78, 5) is 11.2. The molecule has 0 radical (unpaired) electrons. The molecule has 0 aliphatic rings. The summed E-state index contributed by atoms with van der Waals surface area (Å²) in [6.45, 7) is 1.87. The Morgan fingerprint density at radius 3 is 2.85 bits per heavy atom. The summed E-state index contributed by atoms with van der Waals surface area (Å²) in [5.41, 5.74) is 7.50. The van der Waals surface area contributed by atoms with Crippen LogP contribution >= 0.6 is 0 Å². The minimum Gasteiger partial charge on any atom is -0.382 e. The van der Waals surface area contributed by atoms with Crippen molar-refractivity contribution in [2.45, 2.75) is 6.92 Å². The Balaban J connectivity index is 2.53. The summed E-state index contributed by atoms with van der Waals surface area (Å²) in [6.07, 6.45) is 3.48. The van der Waals surface area contributed by atoms with Crippen LogP contribution in [0.1, 0.15) is 5.82 Å². The van der Waals surface area contributed by atoms with Crippen LogP contribution in [0.25, 0.3) is 11.3 Å². The van der Waals surface area contributed by atoms with Crippen LogP contribution in [0.2, 0.25) is 0 Å². The summed E-state index contributed by atoms with van der Waals surface area (Å²) in [5, 5.41) is 0. The average molecular weight is 174 g/mol. The minimum absolute atomic E-state index is 0.519. The molecule has 0 aliphatic carbocycles. The Bertz CT molecular complexity index is 405. The maximum atomic E-state index is 5.70. The molecule has 66 valence electrons. The highest BCUT2D eigenvalue weighted by molar-refractivity contribution is 5.69. The summed E-state index contributed by atoms with van der Waals surface area (Å²) in [7, 11) is 0. The van der Waals surface area contributed by atoms with E-state index in [-0.39, 0.29) is 0 Å². The van der Waals surface area contributed by atoms with Gasteiger partial charge in [-0.05, 0) is 19.1 Å². The number of hydrogen-bond acceptors (Lipinski definition) is 3. The Kier molecular flexibility index (Phi) is 1.73. The highest BCUT2D eigenvalue weighted by atomic mass is 15.0. The van der Waals surface area contributed by atoms with Crippen molar-refractivity contribution in [2.75, 3.05) is 5.73 Å². The van der Waals surface area contributed by atoms with E-state index in [9.17, 15) is 0 Å². The van der Waals surface area contributed by atoms with Gasteiger partial charge in [0.05, 0.1) is 5.69 Å². The van der Waals surface area contributed by atoms with Crippen molar-refractivity contribution in [3.05, 3.63) is 30.4 Å². The molecule has 0 unspecified atom stereocenters. The van der Waals surface area contributed by atoms with Crippen LogP contribution in [0.5, 0.6) is 0 Å². The van der Waals surface area contributed by atoms with Gasteiger partial charge in [-0.1, -0.05) is 0 Å². The average Bonchev–Trinajstić information content (AvgIpc) is 2.47. The lowest BCUT2D eigenvalue weighted by Crippen LogP contribution is -1.88.